The van der Waals surface area contributed by atoms with Crippen LogP contribution in [0.1, 0.15) is 129 Å². The van der Waals surface area contributed by atoms with E-state index in [4.69, 9.17) is 0 Å². The molecule has 3 aliphatic rings. The molecular formula is C29H43N5O2S. The average Bonchev–Trinajstić information content (AvgIpc) is 3.58. The second kappa shape index (κ2) is 11.4. The molecule has 2 aromatic heterocycles. The molecule has 5 rings (SSSR count). The van der Waals surface area contributed by atoms with Crippen molar-refractivity contribution in [1.29, 1.82) is 0 Å². The van der Waals surface area contributed by atoms with Gasteiger partial charge in [-0.2, -0.15) is 0 Å². The second-order valence-corrected chi connectivity index (χ2v) is 12.9. The number of hydrogen-bond donors (Lipinski definition) is 1. The molecule has 2 aliphatic heterocycles. The van der Waals surface area contributed by atoms with Gasteiger partial charge in [-0.25, -0.2) is 0 Å². The number of nitrogens with one attached hydrogen (secondary N) is 1. The highest BCUT2D eigenvalue weighted by Gasteiger charge is 2.42. The minimum absolute atomic E-state index is 0.0303. The Balaban J connectivity index is 1.27. The molecule has 0 aromatic carbocycles. The van der Waals surface area contributed by atoms with E-state index in [1.54, 1.807) is 18.3 Å². The van der Waals surface area contributed by atoms with E-state index in [9.17, 15) is 9.59 Å². The van der Waals surface area contributed by atoms with Gasteiger partial charge in [0.25, 0.3) is 0 Å². The van der Waals surface area contributed by atoms with Gasteiger partial charge in [0.05, 0.1) is 10.9 Å². The molecule has 7 nitrogen and oxygen atoms in total. The Morgan fingerprint density at radius 3 is 2.35 bits per heavy atom. The quantitative estimate of drug-likeness (QED) is 0.408. The molecule has 2 bridgehead atoms. The molecule has 0 radical (unpaired) electrons. The zero-order valence-electron chi connectivity index (χ0n) is 22.9. The number of amides is 1. The van der Waals surface area contributed by atoms with Crippen LogP contribution in [0.25, 0.3) is 0 Å². The lowest BCUT2D eigenvalue weighted by Gasteiger charge is -2.40. The lowest BCUT2D eigenvalue weighted by Crippen LogP contribution is -2.45. The monoisotopic (exact) mass is 525 g/mol. The highest BCUT2D eigenvalue weighted by Crippen LogP contribution is 2.42. The normalized spacial score (nSPS) is 25.5. The smallest absolute Gasteiger partial charge is 0.223 e. The third kappa shape index (κ3) is 5.70. The van der Waals surface area contributed by atoms with E-state index >= 15 is 0 Å². The van der Waals surface area contributed by atoms with Crippen molar-refractivity contribution in [3.63, 3.8) is 0 Å². The molecule has 1 saturated carbocycles. The Hall–Kier alpha value is -2.06. The molecule has 3 atom stereocenters. The summed E-state index contributed by atoms with van der Waals surface area (Å²) in [4.78, 5) is 29.8. The Morgan fingerprint density at radius 1 is 1.03 bits per heavy atom. The maximum atomic E-state index is 13.2. The molecule has 4 heterocycles. The summed E-state index contributed by atoms with van der Waals surface area (Å²) in [5.74, 6) is 2.95. The van der Waals surface area contributed by atoms with Gasteiger partial charge in [0.15, 0.2) is 5.78 Å². The van der Waals surface area contributed by atoms with Crippen LogP contribution in [-0.2, 0) is 4.79 Å². The zero-order valence-corrected chi connectivity index (χ0v) is 23.7. The molecular weight excluding hydrogens is 482 g/mol. The highest BCUT2D eigenvalue weighted by molar-refractivity contribution is 7.14. The first-order chi connectivity index (χ1) is 17.8. The Labute approximate surface area is 225 Å². The van der Waals surface area contributed by atoms with E-state index < -0.39 is 0 Å². The van der Waals surface area contributed by atoms with Crippen molar-refractivity contribution < 1.29 is 9.59 Å². The standard InChI is InChI=1S/C29H43N5O2S/c1-18(2)28-32-31-20(4)34(28)24-16-22-10-11-23(17-24)33(22)15-14-25(27-13-12-26(37-27)19(3)35)30-29(36)21-8-6-5-7-9-21/h12-13,18,21-25H,5-11,14-17H2,1-4H3,(H,30,36)/t22-,23-,25-/m0/s1. The topological polar surface area (TPSA) is 80.1 Å². The molecule has 8 heteroatoms. The molecule has 2 saturated heterocycles. The number of aromatic nitrogens is 3. The number of hydrogen-bond acceptors (Lipinski definition) is 6. The lowest BCUT2D eigenvalue weighted by atomic mass is 9.88. The predicted molar refractivity (Wildman–Crippen MR) is 147 cm³/mol. The van der Waals surface area contributed by atoms with Crippen LogP contribution in [0.3, 0.4) is 0 Å². The highest BCUT2D eigenvalue weighted by atomic mass is 32.1. The van der Waals surface area contributed by atoms with E-state index in [0.717, 1.165) is 72.9 Å². The minimum Gasteiger partial charge on any atom is -0.348 e. The first-order valence-electron chi connectivity index (χ1n) is 14.4. The van der Waals surface area contributed by atoms with Gasteiger partial charge < -0.3 is 9.88 Å². The van der Waals surface area contributed by atoms with Gasteiger partial charge in [-0.3, -0.25) is 14.5 Å². The molecule has 37 heavy (non-hydrogen) atoms. The van der Waals surface area contributed by atoms with Crippen LogP contribution in [0.2, 0.25) is 0 Å². The number of ketones is 1. The summed E-state index contributed by atoms with van der Waals surface area (Å²) in [5, 5.41) is 12.3. The predicted octanol–water partition coefficient (Wildman–Crippen LogP) is 5.97. The summed E-state index contributed by atoms with van der Waals surface area (Å²) < 4.78 is 2.41. The first kappa shape index (κ1) is 26.5. The van der Waals surface area contributed by atoms with Crippen molar-refractivity contribution in [3.05, 3.63) is 33.5 Å². The number of aryl methyl sites for hydroxylation is 1. The fraction of sp³-hybridized carbons (Fsp3) is 0.724. The van der Waals surface area contributed by atoms with Gasteiger partial charge in [-0.15, -0.1) is 21.5 Å². The van der Waals surface area contributed by atoms with Crippen LogP contribution in [0.4, 0.5) is 0 Å². The van der Waals surface area contributed by atoms with E-state index in [2.05, 4.69) is 51.8 Å². The van der Waals surface area contributed by atoms with Gasteiger partial charge in [-0.1, -0.05) is 33.1 Å². The van der Waals surface area contributed by atoms with Crippen LogP contribution < -0.4 is 5.32 Å². The van der Waals surface area contributed by atoms with Gasteiger partial charge in [0.2, 0.25) is 5.91 Å². The molecule has 0 unspecified atom stereocenters. The van der Waals surface area contributed by atoms with Gasteiger partial charge in [-0.05, 0) is 70.9 Å². The van der Waals surface area contributed by atoms with E-state index in [1.165, 1.54) is 19.3 Å². The van der Waals surface area contributed by atoms with E-state index in [-0.39, 0.29) is 23.7 Å². The number of Topliss-reactive ketones (excluding diaryl/α,β-unsaturated/α-hetero) is 1. The second-order valence-electron chi connectivity index (χ2n) is 11.8. The van der Waals surface area contributed by atoms with Gasteiger partial charge >= 0.3 is 0 Å². The minimum atomic E-state index is -0.0303. The SMILES string of the molecule is CC(=O)c1ccc([C@H](CCN2[C@H]3CC[C@H]2CC(n2c(C)nnc2C(C)C)C3)NC(=O)C2CCCCC2)s1. The van der Waals surface area contributed by atoms with Crippen molar-refractivity contribution in [2.45, 2.75) is 122 Å². The number of piperidine rings is 1. The fourth-order valence-electron chi connectivity index (χ4n) is 7.00. The summed E-state index contributed by atoms with van der Waals surface area (Å²) in [7, 11) is 0. The van der Waals surface area contributed by atoms with Gasteiger partial charge in [0, 0.05) is 41.4 Å². The maximum absolute atomic E-state index is 13.2. The van der Waals surface area contributed by atoms with Crippen LogP contribution in [0.15, 0.2) is 12.1 Å². The van der Waals surface area contributed by atoms with Crippen molar-refractivity contribution in [2.75, 3.05) is 6.54 Å². The molecule has 1 aliphatic carbocycles. The molecule has 2 aromatic rings. The average molecular weight is 526 g/mol. The number of rotatable bonds is 9. The van der Waals surface area contributed by atoms with Crippen LogP contribution >= 0.6 is 11.3 Å². The van der Waals surface area contributed by atoms with Gasteiger partial charge in [0.1, 0.15) is 11.6 Å². The molecule has 1 N–H and O–H groups in total. The van der Waals surface area contributed by atoms with Crippen LogP contribution in [0.5, 0.6) is 0 Å². The fourth-order valence-corrected chi connectivity index (χ4v) is 7.99. The summed E-state index contributed by atoms with van der Waals surface area (Å²) in [6, 6.07) is 5.55. The van der Waals surface area contributed by atoms with Crippen molar-refractivity contribution in [2.24, 2.45) is 5.92 Å². The zero-order chi connectivity index (χ0) is 26.1. The molecule has 3 fully saturated rings. The first-order valence-corrected chi connectivity index (χ1v) is 15.2. The third-order valence-corrected chi connectivity index (χ3v) is 10.2. The number of fused-ring (bicyclic) bond motifs is 2. The third-order valence-electron chi connectivity index (χ3n) is 8.92. The van der Waals surface area contributed by atoms with Crippen molar-refractivity contribution in [1.82, 2.24) is 25.0 Å². The van der Waals surface area contributed by atoms with Crippen LogP contribution in [0, 0.1) is 12.8 Å². The summed E-state index contributed by atoms with van der Waals surface area (Å²) >= 11 is 1.55. The Bertz CT molecular complexity index is 1090. The number of thiophene rings is 1. The molecule has 0 spiro atoms. The summed E-state index contributed by atoms with van der Waals surface area (Å²) in [6.07, 6.45) is 11.2. The number of carbonyl (C=O) groups excluding carboxylic acids is 2. The Kier molecular flexibility index (Phi) is 8.15. The lowest BCUT2D eigenvalue weighted by molar-refractivity contribution is -0.126. The van der Waals surface area contributed by atoms with Crippen molar-refractivity contribution >= 4 is 23.0 Å². The van der Waals surface area contributed by atoms with Crippen LogP contribution in [-0.4, -0.2) is 50.0 Å². The number of nitrogens with zero attached hydrogens (tertiary/aromatic N) is 4. The largest absolute Gasteiger partial charge is 0.348 e. The molecule has 202 valence electrons. The summed E-state index contributed by atoms with van der Waals surface area (Å²) in [5.41, 5.74) is 0. The van der Waals surface area contributed by atoms with E-state index in [1.807, 2.05) is 6.07 Å². The molecule has 1 amide bonds. The summed E-state index contributed by atoms with van der Waals surface area (Å²) in [6.45, 7) is 9.09. The van der Waals surface area contributed by atoms with E-state index in [0.29, 0.717) is 24.0 Å². The number of carbonyl (C=O) groups is 2. The Morgan fingerprint density at radius 2 is 1.73 bits per heavy atom. The maximum Gasteiger partial charge on any atom is 0.223 e. The van der Waals surface area contributed by atoms with Crippen molar-refractivity contribution in [3.8, 4) is 0 Å².